The molecule has 0 aliphatic rings. The first-order valence-corrected chi connectivity index (χ1v) is 23.7. The number of quaternary nitrogens is 1. The summed E-state index contributed by atoms with van der Waals surface area (Å²) in [6.07, 6.45) is 35.5. The van der Waals surface area contributed by atoms with Crippen molar-refractivity contribution in [3.63, 3.8) is 0 Å². The molecule has 0 amide bonds. The van der Waals surface area contributed by atoms with Crippen molar-refractivity contribution in [1.82, 2.24) is 0 Å². The van der Waals surface area contributed by atoms with Gasteiger partial charge in [-0.15, -0.1) is 0 Å². The van der Waals surface area contributed by atoms with E-state index in [-0.39, 0.29) is 32.0 Å². The third-order valence-corrected chi connectivity index (χ3v) is 10.8. The fourth-order valence-electron chi connectivity index (χ4n) is 6.36. The van der Waals surface area contributed by atoms with E-state index in [1.54, 1.807) is 0 Å². The Kier molecular flexibility index (Phi) is 36.0. The van der Waals surface area contributed by atoms with Gasteiger partial charge in [-0.05, 0) is 12.8 Å². The lowest BCUT2D eigenvalue weighted by Crippen LogP contribution is -2.37. The second-order valence-electron chi connectivity index (χ2n) is 16.4. The molecule has 0 aliphatic carbocycles. The topological polar surface area (TPSA) is 111 Å². The van der Waals surface area contributed by atoms with Crippen molar-refractivity contribution in [3.05, 3.63) is 0 Å². The van der Waals surface area contributed by atoms with E-state index in [4.69, 9.17) is 18.5 Å². The van der Waals surface area contributed by atoms with Crippen molar-refractivity contribution in [3.8, 4) is 0 Å². The van der Waals surface area contributed by atoms with Crippen LogP contribution in [0.15, 0.2) is 0 Å². The minimum Gasteiger partial charge on any atom is -0.756 e. The van der Waals surface area contributed by atoms with Gasteiger partial charge in [0.25, 0.3) is 7.82 Å². The lowest BCUT2D eigenvalue weighted by Gasteiger charge is -2.28. The lowest BCUT2D eigenvalue weighted by molar-refractivity contribution is -0.870. The van der Waals surface area contributed by atoms with Crippen LogP contribution in [0, 0.1) is 0 Å². The number of phosphoric acid groups is 1. The van der Waals surface area contributed by atoms with Gasteiger partial charge in [-0.2, -0.15) is 0 Å². The molecule has 53 heavy (non-hydrogen) atoms. The van der Waals surface area contributed by atoms with Gasteiger partial charge in [-0.25, -0.2) is 0 Å². The van der Waals surface area contributed by atoms with E-state index in [1.807, 2.05) is 21.1 Å². The number of unbranched alkanes of at least 4 members (excludes halogenated alkanes) is 27. The molecule has 0 rings (SSSR count). The van der Waals surface area contributed by atoms with Crippen LogP contribution in [-0.4, -0.2) is 70.0 Å². The van der Waals surface area contributed by atoms with Crippen LogP contribution in [0.2, 0.25) is 0 Å². The summed E-state index contributed by atoms with van der Waals surface area (Å²) in [5, 5.41) is 0. The highest BCUT2D eigenvalue weighted by molar-refractivity contribution is 7.45. The summed E-state index contributed by atoms with van der Waals surface area (Å²) in [5.41, 5.74) is 0. The van der Waals surface area contributed by atoms with E-state index in [9.17, 15) is 19.0 Å². The molecule has 0 bridgehead atoms. The van der Waals surface area contributed by atoms with Gasteiger partial charge >= 0.3 is 11.9 Å². The lowest BCUT2D eigenvalue weighted by atomic mass is 10.0. The van der Waals surface area contributed by atoms with Crippen LogP contribution in [-0.2, 0) is 32.7 Å². The van der Waals surface area contributed by atoms with Gasteiger partial charge in [-0.3, -0.25) is 14.2 Å². The Hall–Kier alpha value is -0.990. The molecule has 0 radical (unpaired) electrons. The van der Waals surface area contributed by atoms with Crippen LogP contribution in [0.1, 0.15) is 213 Å². The van der Waals surface area contributed by atoms with Crippen molar-refractivity contribution < 1.29 is 42.1 Å². The van der Waals surface area contributed by atoms with Crippen LogP contribution < -0.4 is 4.89 Å². The zero-order valence-corrected chi connectivity index (χ0v) is 36.4. The highest BCUT2D eigenvalue weighted by Gasteiger charge is 2.21. The third kappa shape index (κ3) is 40.5. The summed E-state index contributed by atoms with van der Waals surface area (Å²) in [7, 11) is 1.18. The third-order valence-electron chi connectivity index (χ3n) is 9.88. The molecule has 0 saturated carbocycles. The maximum absolute atomic E-state index is 12.7. The molecule has 9 nitrogen and oxygen atoms in total. The normalized spacial score (nSPS) is 13.5. The predicted molar refractivity (Wildman–Crippen MR) is 218 cm³/mol. The number of phosphoric ester groups is 1. The molecule has 0 aliphatic heterocycles. The number of esters is 2. The van der Waals surface area contributed by atoms with Crippen LogP contribution >= 0.6 is 7.82 Å². The van der Waals surface area contributed by atoms with Gasteiger partial charge in [0.05, 0.1) is 27.7 Å². The van der Waals surface area contributed by atoms with Crippen molar-refractivity contribution in [2.45, 2.75) is 219 Å². The van der Waals surface area contributed by atoms with Crippen LogP contribution in [0.25, 0.3) is 0 Å². The second kappa shape index (κ2) is 36.6. The van der Waals surface area contributed by atoms with Gasteiger partial charge < -0.3 is 27.9 Å². The minimum absolute atomic E-state index is 0.0257. The van der Waals surface area contributed by atoms with Gasteiger partial charge in [-0.1, -0.05) is 187 Å². The molecule has 316 valence electrons. The summed E-state index contributed by atoms with van der Waals surface area (Å²) in [4.78, 5) is 37.5. The summed E-state index contributed by atoms with van der Waals surface area (Å²) < 4.78 is 33.9. The number of hydrogen-bond donors (Lipinski definition) is 0. The Balaban J connectivity index is 4.29. The number of hydrogen-bond acceptors (Lipinski definition) is 8. The van der Waals surface area contributed by atoms with Crippen molar-refractivity contribution >= 4 is 19.8 Å². The Morgan fingerprint density at radius 1 is 0.509 bits per heavy atom. The second-order valence-corrected chi connectivity index (χ2v) is 17.8. The maximum atomic E-state index is 12.7. The first-order chi connectivity index (χ1) is 25.5. The molecular weight excluding hydrogens is 689 g/mol. The molecule has 0 aromatic rings. The Bertz CT molecular complexity index is 881. The summed E-state index contributed by atoms with van der Waals surface area (Å²) >= 11 is 0. The largest absolute Gasteiger partial charge is 0.756 e. The number of ether oxygens (including phenoxy) is 2. The Morgan fingerprint density at radius 3 is 1.21 bits per heavy atom. The van der Waals surface area contributed by atoms with Gasteiger partial charge in [0.2, 0.25) is 0 Å². The Labute approximate surface area is 327 Å². The fraction of sp³-hybridized carbons (Fsp3) is 0.953. The number of carbonyl (C=O) groups is 2. The smallest absolute Gasteiger partial charge is 0.306 e. The predicted octanol–water partition coefficient (Wildman–Crippen LogP) is 11.8. The van der Waals surface area contributed by atoms with E-state index in [1.165, 1.54) is 148 Å². The molecule has 0 N–H and O–H groups in total. The van der Waals surface area contributed by atoms with Crippen molar-refractivity contribution in [1.29, 1.82) is 0 Å². The quantitative estimate of drug-likeness (QED) is 0.0261. The molecule has 0 fully saturated rings. The van der Waals surface area contributed by atoms with Crippen LogP contribution in [0.4, 0.5) is 0 Å². The first kappa shape index (κ1) is 52.0. The molecule has 2 unspecified atom stereocenters. The summed E-state index contributed by atoms with van der Waals surface area (Å²) in [6, 6.07) is 0. The van der Waals surface area contributed by atoms with Crippen LogP contribution in [0.3, 0.4) is 0 Å². The molecule has 0 heterocycles. The van der Waals surface area contributed by atoms with Crippen molar-refractivity contribution in [2.75, 3.05) is 47.5 Å². The Morgan fingerprint density at radius 2 is 0.849 bits per heavy atom. The van der Waals surface area contributed by atoms with Crippen LogP contribution in [0.5, 0.6) is 0 Å². The molecule has 0 spiro atoms. The van der Waals surface area contributed by atoms with E-state index in [2.05, 4.69) is 13.8 Å². The zero-order chi connectivity index (χ0) is 39.3. The molecule has 0 saturated heterocycles. The SMILES string of the molecule is CCCCCCCCCCCCCCCCCCCC(=O)OC(COC(=O)CCCCCCCCCCCCCC)COP(=O)([O-])OCC[N+](C)(C)C. The minimum atomic E-state index is -4.61. The summed E-state index contributed by atoms with van der Waals surface area (Å²) in [6.45, 7) is 4.26. The monoisotopic (exact) mass is 776 g/mol. The standard InChI is InChI=1S/C43H86NO8P/c1-6-8-10-12-14-16-18-20-21-22-23-24-26-28-30-32-34-36-43(46)52-41(40-51-53(47,48)50-38-37-44(3,4)5)39-49-42(45)35-33-31-29-27-25-19-17-15-13-11-9-7-2/h41H,6-40H2,1-5H3. The number of rotatable bonds is 41. The number of likely N-dealkylation sites (N-methyl/N-ethyl adjacent to an activating group) is 1. The molecule has 2 atom stereocenters. The molecule has 10 heteroatoms. The maximum Gasteiger partial charge on any atom is 0.306 e. The zero-order valence-electron chi connectivity index (χ0n) is 35.5. The fourth-order valence-corrected chi connectivity index (χ4v) is 7.09. The summed E-state index contributed by atoms with van der Waals surface area (Å²) in [5.74, 6) is -0.820. The van der Waals surface area contributed by atoms with Crippen molar-refractivity contribution in [2.24, 2.45) is 0 Å². The first-order valence-electron chi connectivity index (χ1n) is 22.2. The van der Waals surface area contributed by atoms with Gasteiger partial charge in [0, 0.05) is 12.8 Å². The molecule has 0 aromatic heterocycles. The van der Waals surface area contributed by atoms with E-state index in [0.717, 1.165) is 32.1 Å². The number of nitrogens with zero attached hydrogens (tertiary/aromatic N) is 1. The van der Waals surface area contributed by atoms with Gasteiger partial charge in [0.1, 0.15) is 19.8 Å². The van der Waals surface area contributed by atoms with E-state index < -0.39 is 26.5 Å². The average Bonchev–Trinajstić information content (AvgIpc) is 3.10. The highest BCUT2D eigenvalue weighted by Crippen LogP contribution is 2.38. The average molecular weight is 776 g/mol. The number of carbonyl (C=O) groups excluding carboxylic acids is 2. The van der Waals surface area contributed by atoms with Gasteiger partial charge in [0.15, 0.2) is 6.10 Å². The van der Waals surface area contributed by atoms with E-state index >= 15 is 0 Å². The molecular formula is C43H86NO8P. The van der Waals surface area contributed by atoms with E-state index in [0.29, 0.717) is 17.4 Å². The molecule has 0 aromatic carbocycles. The highest BCUT2D eigenvalue weighted by atomic mass is 31.2.